The van der Waals surface area contributed by atoms with E-state index in [-0.39, 0.29) is 11.8 Å². The zero-order chi connectivity index (χ0) is 20.2. The number of methoxy groups -OCH3 is 1. The lowest BCUT2D eigenvalue weighted by atomic mass is 10.2. The smallest absolute Gasteiger partial charge is 0.311 e. The summed E-state index contributed by atoms with van der Waals surface area (Å²) in [5.74, 6) is 1.12. The van der Waals surface area contributed by atoms with Crippen LogP contribution in [0.3, 0.4) is 0 Å². The molecule has 2 aromatic heterocycles. The van der Waals surface area contributed by atoms with Crippen LogP contribution in [0.5, 0.6) is 5.88 Å². The Bertz CT molecular complexity index is 961. The van der Waals surface area contributed by atoms with Crippen LogP contribution in [-0.2, 0) is 19.4 Å². The van der Waals surface area contributed by atoms with Crippen molar-refractivity contribution in [2.45, 2.75) is 19.4 Å². The summed E-state index contributed by atoms with van der Waals surface area (Å²) in [7, 11) is 1.61. The largest absolute Gasteiger partial charge is 0.481 e. The highest BCUT2D eigenvalue weighted by Gasteiger charge is 2.23. The van der Waals surface area contributed by atoms with Gasteiger partial charge in [0.2, 0.25) is 5.88 Å². The third-order valence-corrected chi connectivity index (χ3v) is 5.06. The predicted molar refractivity (Wildman–Crippen MR) is 109 cm³/mol. The normalized spacial score (nSPS) is 14.1. The Labute approximate surface area is 173 Å². The van der Waals surface area contributed by atoms with Crippen molar-refractivity contribution < 1.29 is 13.9 Å². The van der Waals surface area contributed by atoms with Crippen LogP contribution in [0.2, 0.25) is 5.02 Å². The van der Waals surface area contributed by atoms with Gasteiger partial charge in [-0.3, -0.25) is 9.69 Å². The second-order valence-electron chi connectivity index (χ2n) is 6.83. The summed E-state index contributed by atoms with van der Waals surface area (Å²) >= 11 is 5.87. The first-order valence-corrected chi connectivity index (χ1v) is 9.75. The van der Waals surface area contributed by atoms with E-state index in [0.29, 0.717) is 23.0 Å². The van der Waals surface area contributed by atoms with Gasteiger partial charge in [0.25, 0.3) is 5.89 Å². The van der Waals surface area contributed by atoms with Gasteiger partial charge in [-0.25, -0.2) is 9.97 Å². The van der Waals surface area contributed by atoms with Gasteiger partial charge in [0.1, 0.15) is 5.76 Å². The number of fused-ring (bicyclic) bond motifs is 1. The van der Waals surface area contributed by atoms with Crippen LogP contribution in [0, 0.1) is 0 Å². The molecule has 29 heavy (non-hydrogen) atoms. The fourth-order valence-corrected chi connectivity index (χ4v) is 3.39. The van der Waals surface area contributed by atoms with Gasteiger partial charge in [-0.2, -0.15) is 0 Å². The molecule has 0 radical (unpaired) electrons. The SMILES string of the molecule is COc1ccc(CN2CCc3nc(C(=O)Nc4ccc(Cl)cc4)oc3CC2)cn1. The second kappa shape index (κ2) is 8.63. The van der Waals surface area contributed by atoms with Crippen molar-refractivity contribution in [1.29, 1.82) is 0 Å². The van der Waals surface area contributed by atoms with E-state index in [4.69, 9.17) is 20.8 Å². The molecular weight excluding hydrogens is 392 g/mol. The minimum absolute atomic E-state index is 0.0951. The molecule has 7 nitrogen and oxygen atoms in total. The van der Waals surface area contributed by atoms with E-state index >= 15 is 0 Å². The number of benzene rings is 1. The highest BCUT2D eigenvalue weighted by Crippen LogP contribution is 2.20. The molecule has 1 aromatic carbocycles. The van der Waals surface area contributed by atoms with E-state index in [1.165, 1.54) is 0 Å². The van der Waals surface area contributed by atoms with E-state index in [0.717, 1.165) is 43.1 Å². The van der Waals surface area contributed by atoms with Gasteiger partial charge in [-0.15, -0.1) is 0 Å². The number of aromatic nitrogens is 2. The number of hydrogen-bond donors (Lipinski definition) is 1. The van der Waals surface area contributed by atoms with E-state index < -0.39 is 0 Å². The van der Waals surface area contributed by atoms with Crippen molar-refractivity contribution in [2.75, 3.05) is 25.5 Å². The van der Waals surface area contributed by atoms with Gasteiger partial charge in [-0.05, 0) is 29.8 Å². The van der Waals surface area contributed by atoms with Crippen LogP contribution in [-0.4, -0.2) is 41.0 Å². The van der Waals surface area contributed by atoms with Crippen molar-refractivity contribution in [2.24, 2.45) is 0 Å². The molecule has 1 amide bonds. The number of hydrogen-bond acceptors (Lipinski definition) is 6. The summed E-state index contributed by atoms with van der Waals surface area (Å²) in [6.07, 6.45) is 3.27. The van der Waals surface area contributed by atoms with Gasteiger partial charge >= 0.3 is 5.91 Å². The molecule has 0 atom stereocenters. The molecular formula is C21H21ClN4O3. The number of oxazole rings is 1. The van der Waals surface area contributed by atoms with E-state index in [1.54, 1.807) is 31.4 Å². The number of anilines is 1. The van der Waals surface area contributed by atoms with Crippen molar-refractivity contribution in [3.05, 3.63) is 70.5 Å². The Balaban J connectivity index is 1.37. The lowest BCUT2D eigenvalue weighted by molar-refractivity contribution is 0.0988. The van der Waals surface area contributed by atoms with Gasteiger partial charge in [0.05, 0.1) is 12.8 Å². The van der Waals surface area contributed by atoms with Gasteiger partial charge < -0.3 is 14.5 Å². The molecule has 0 unspecified atom stereocenters. The topological polar surface area (TPSA) is 80.5 Å². The van der Waals surface area contributed by atoms with Crippen LogP contribution in [0.4, 0.5) is 5.69 Å². The number of halogens is 1. The summed E-state index contributed by atoms with van der Waals surface area (Å²) in [5.41, 5.74) is 2.62. The van der Waals surface area contributed by atoms with E-state index in [2.05, 4.69) is 20.2 Å². The Hall–Kier alpha value is -2.90. The molecule has 3 aromatic rings. The first-order chi connectivity index (χ1) is 14.1. The van der Waals surface area contributed by atoms with Crippen LogP contribution >= 0.6 is 11.6 Å². The number of nitrogens with zero attached hydrogens (tertiary/aromatic N) is 3. The van der Waals surface area contributed by atoms with Crippen LogP contribution in [0.25, 0.3) is 0 Å². The molecule has 0 bridgehead atoms. The third kappa shape index (κ3) is 4.75. The second-order valence-corrected chi connectivity index (χ2v) is 7.27. The standard InChI is InChI=1S/C21H21ClN4O3/c1-28-19-7-2-14(12-23-19)13-26-10-8-17-18(9-11-26)29-21(25-17)20(27)24-16-5-3-15(22)4-6-16/h2-7,12H,8-11,13H2,1H3,(H,24,27). The zero-order valence-corrected chi connectivity index (χ0v) is 16.8. The Morgan fingerprint density at radius 3 is 2.72 bits per heavy atom. The average molecular weight is 413 g/mol. The van der Waals surface area contributed by atoms with Crippen molar-refractivity contribution >= 4 is 23.2 Å². The van der Waals surface area contributed by atoms with Crippen LogP contribution < -0.4 is 10.1 Å². The van der Waals surface area contributed by atoms with Gasteiger partial charge in [0.15, 0.2) is 0 Å². The fraction of sp³-hybridized carbons (Fsp3) is 0.286. The number of carbonyl (C=O) groups excluding carboxylic acids is 1. The molecule has 150 valence electrons. The molecule has 0 fully saturated rings. The number of amides is 1. The highest BCUT2D eigenvalue weighted by atomic mass is 35.5. The Kier molecular flexibility index (Phi) is 5.78. The maximum atomic E-state index is 12.4. The molecule has 0 saturated carbocycles. The number of pyridine rings is 1. The first kappa shape index (κ1) is 19.4. The molecule has 0 aliphatic carbocycles. The summed E-state index contributed by atoms with van der Waals surface area (Å²) in [4.78, 5) is 23.4. The lowest BCUT2D eigenvalue weighted by Crippen LogP contribution is -2.26. The van der Waals surface area contributed by atoms with Gasteiger partial charge in [0, 0.05) is 55.4 Å². The zero-order valence-electron chi connectivity index (χ0n) is 16.0. The molecule has 4 rings (SSSR count). The van der Waals surface area contributed by atoms with Crippen molar-refractivity contribution in [3.8, 4) is 5.88 Å². The lowest BCUT2D eigenvalue weighted by Gasteiger charge is -2.19. The van der Waals surface area contributed by atoms with E-state index in [9.17, 15) is 4.79 Å². The van der Waals surface area contributed by atoms with Crippen molar-refractivity contribution in [1.82, 2.24) is 14.9 Å². The molecule has 1 aliphatic heterocycles. The number of nitrogens with one attached hydrogen (secondary N) is 1. The summed E-state index contributed by atoms with van der Waals surface area (Å²) < 4.78 is 10.9. The van der Waals surface area contributed by atoms with Gasteiger partial charge in [-0.1, -0.05) is 17.7 Å². The maximum Gasteiger partial charge on any atom is 0.311 e. The quantitative estimate of drug-likeness (QED) is 0.689. The summed E-state index contributed by atoms with van der Waals surface area (Å²) in [6.45, 7) is 2.46. The molecule has 8 heteroatoms. The Morgan fingerprint density at radius 2 is 2.00 bits per heavy atom. The molecule has 3 heterocycles. The van der Waals surface area contributed by atoms with Crippen LogP contribution in [0.15, 0.2) is 47.0 Å². The number of ether oxygens (including phenoxy) is 1. The molecule has 1 aliphatic rings. The summed E-state index contributed by atoms with van der Waals surface area (Å²) in [6, 6.07) is 10.8. The fourth-order valence-electron chi connectivity index (χ4n) is 3.27. The molecule has 0 spiro atoms. The summed E-state index contributed by atoms with van der Waals surface area (Å²) in [5, 5.41) is 3.39. The minimum Gasteiger partial charge on any atom is -0.481 e. The highest BCUT2D eigenvalue weighted by molar-refractivity contribution is 6.30. The third-order valence-electron chi connectivity index (χ3n) is 4.81. The van der Waals surface area contributed by atoms with Crippen molar-refractivity contribution in [3.63, 3.8) is 0 Å². The number of carbonyl (C=O) groups is 1. The Morgan fingerprint density at radius 1 is 1.21 bits per heavy atom. The molecule has 1 N–H and O–H groups in total. The van der Waals surface area contributed by atoms with E-state index in [1.807, 2.05) is 18.3 Å². The first-order valence-electron chi connectivity index (χ1n) is 9.37. The monoisotopic (exact) mass is 412 g/mol. The predicted octanol–water partition coefficient (Wildman–Crippen LogP) is 3.58. The van der Waals surface area contributed by atoms with Crippen LogP contribution in [0.1, 0.15) is 27.7 Å². The maximum absolute atomic E-state index is 12.4. The number of rotatable bonds is 5. The molecule has 0 saturated heterocycles. The average Bonchev–Trinajstić information content (AvgIpc) is 3.06. The minimum atomic E-state index is -0.360.